The Morgan fingerprint density at radius 3 is 2.43 bits per heavy atom. The van der Waals surface area contributed by atoms with Gasteiger partial charge in [0.25, 0.3) is 11.8 Å². The SMILES string of the molecule is CCCC(C(=O)NC=O)N1C(=O)c2ccc(C3(O)CCN(Cc4cccc(Oc5ccc(F)cc5)c4)CC3)cc2C1=O. The number of hydrogen-bond donors (Lipinski definition) is 2. The topological polar surface area (TPSA) is 116 Å². The molecule has 2 aliphatic heterocycles. The molecule has 0 bridgehead atoms. The number of amides is 4. The average Bonchev–Trinajstić information content (AvgIpc) is 3.23. The summed E-state index contributed by atoms with van der Waals surface area (Å²) < 4.78 is 19.0. The maximum atomic E-state index is 13.3. The first kappa shape index (κ1) is 29.1. The third-order valence-corrected chi connectivity index (χ3v) is 7.87. The van der Waals surface area contributed by atoms with Crippen LogP contribution in [-0.4, -0.2) is 58.2 Å². The van der Waals surface area contributed by atoms with Crippen molar-refractivity contribution in [2.45, 2.75) is 50.8 Å². The van der Waals surface area contributed by atoms with Crippen molar-refractivity contribution in [3.05, 3.63) is 94.8 Å². The van der Waals surface area contributed by atoms with Crippen molar-refractivity contribution in [2.75, 3.05) is 13.1 Å². The monoisotopic (exact) mass is 573 g/mol. The van der Waals surface area contributed by atoms with Gasteiger partial charge < -0.3 is 9.84 Å². The lowest BCUT2D eigenvalue weighted by molar-refractivity contribution is -0.128. The minimum atomic E-state index is -1.19. The zero-order valence-electron chi connectivity index (χ0n) is 23.2. The van der Waals surface area contributed by atoms with Crippen molar-refractivity contribution in [3.8, 4) is 11.5 Å². The molecule has 0 spiro atoms. The van der Waals surface area contributed by atoms with Gasteiger partial charge in [0.15, 0.2) is 0 Å². The number of ether oxygens (including phenoxy) is 1. The molecular weight excluding hydrogens is 541 g/mol. The molecule has 42 heavy (non-hydrogen) atoms. The number of imide groups is 2. The molecule has 1 atom stereocenters. The summed E-state index contributed by atoms with van der Waals surface area (Å²) in [5.41, 5.74) is 0.706. The molecule has 10 heteroatoms. The van der Waals surface area contributed by atoms with Gasteiger partial charge in [0, 0.05) is 19.6 Å². The van der Waals surface area contributed by atoms with Crippen LogP contribution in [0.5, 0.6) is 11.5 Å². The Kier molecular flexibility index (Phi) is 8.46. The zero-order valence-corrected chi connectivity index (χ0v) is 23.2. The van der Waals surface area contributed by atoms with Crippen LogP contribution in [0.15, 0.2) is 66.7 Å². The quantitative estimate of drug-likeness (QED) is 0.277. The summed E-state index contributed by atoms with van der Waals surface area (Å²) >= 11 is 0. The molecule has 218 valence electrons. The molecule has 1 fully saturated rings. The molecule has 9 nitrogen and oxygen atoms in total. The molecule has 5 rings (SSSR count). The van der Waals surface area contributed by atoms with E-state index in [0.717, 1.165) is 10.5 Å². The summed E-state index contributed by atoms with van der Waals surface area (Å²) in [7, 11) is 0. The molecule has 3 aromatic carbocycles. The number of piperidine rings is 1. The van der Waals surface area contributed by atoms with Crippen LogP contribution in [-0.2, 0) is 21.7 Å². The van der Waals surface area contributed by atoms with Gasteiger partial charge in [-0.2, -0.15) is 0 Å². The van der Waals surface area contributed by atoms with Crippen molar-refractivity contribution >= 4 is 24.1 Å². The van der Waals surface area contributed by atoms with Gasteiger partial charge in [-0.15, -0.1) is 0 Å². The van der Waals surface area contributed by atoms with Gasteiger partial charge in [0.1, 0.15) is 23.4 Å². The molecule has 1 unspecified atom stereocenters. The number of benzene rings is 3. The van der Waals surface area contributed by atoms with Crippen LogP contribution >= 0.6 is 0 Å². The summed E-state index contributed by atoms with van der Waals surface area (Å²) in [5.74, 6) is -1.05. The number of likely N-dealkylation sites (tertiary alicyclic amines) is 1. The number of hydrogen-bond acceptors (Lipinski definition) is 7. The summed E-state index contributed by atoms with van der Waals surface area (Å²) in [6.45, 7) is 3.66. The molecule has 2 N–H and O–H groups in total. The minimum Gasteiger partial charge on any atom is -0.457 e. The fraction of sp³-hybridized carbons (Fsp3) is 0.312. The number of halogens is 1. The Morgan fingerprint density at radius 1 is 1.02 bits per heavy atom. The van der Waals surface area contributed by atoms with Gasteiger partial charge in [0.05, 0.1) is 16.7 Å². The van der Waals surface area contributed by atoms with E-state index in [0.29, 0.717) is 56.0 Å². The number of fused-ring (bicyclic) bond motifs is 1. The second kappa shape index (κ2) is 12.2. The van der Waals surface area contributed by atoms with Crippen LogP contribution in [0.1, 0.15) is 64.4 Å². The molecule has 1 saturated heterocycles. The minimum absolute atomic E-state index is 0.145. The summed E-state index contributed by atoms with van der Waals surface area (Å²) in [5, 5.41) is 13.6. The Labute approximate surface area is 242 Å². The predicted molar refractivity (Wildman–Crippen MR) is 151 cm³/mol. The predicted octanol–water partition coefficient (Wildman–Crippen LogP) is 4.14. The normalized spacial score (nSPS) is 17.1. The van der Waals surface area contributed by atoms with E-state index in [1.807, 2.05) is 31.2 Å². The van der Waals surface area contributed by atoms with E-state index >= 15 is 0 Å². The summed E-state index contributed by atoms with van der Waals surface area (Å²) in [4.78, 5) is 52.8. The highest BCUT2D eigenvalue weighted by Gasteiger charge is 2.44. The van der Waals surface area contributed by atoms with Crippen LogP contribution in [0.2, 0.25) is 0 Å². The molecule has 0 radical (unpaired) electrons. The van der Waals surface area contributed by atoms with Crippen LogP contribution in [0.4, 0.5) is 4.39 Å². The molecule has 4 amide bonds. The largest absolute Gasteiger partial charge is 0.457 e. The zero-order chi connectivity index (χ0) is 29.9. The first-order valence-electron chi connectivity index (χ1n) is 14.0. The highest BCUT2D eigenvalue weighted by atomic mass is 19.1. The van der Waals surface area contributed by atoms with Crippen LogP contribution in [0.25, 0.3) is 0 Å². The molecular formula is C32H32FN3O6. The highest BCUT2D eigenvalue weighted by molar-refractivity contribution is 6.23. The smallest absolute Gasteiger partial charge is 0.262 e. The van der Waals surface area contributed by atoms with Crippen LogP contribution in [0, 0.1) is 5.82 Å². The van der Waals surface area contributed by atoms with Crippen molar-refractivity contribution in [1.29, 1.82) is 0 Å². The average molecular weight is 574 g/mol. The second-order valence-electron chi connectivity index (χ2n) is 10.7. The Hall–Kier alpha value is -4.41. The lowest BCUT2D eigenvalue weighted by atomic mass is 9.83. The lowest BCUT2D eigenvalue weighted by Gasteiger charge is -2.38. The van der Waals surface area contributed by atoms with E-state index in [1.165, 1.54) is 18.2 Å². The maximum absolute atomic E-state index is 13.3. The van der Waals surface area contributed by atoms with E-state index in [9.17, 15) is 28.7 Å². The molecule has 0 saturated carbocycles. The van der Waals surface area contributed by atoms with Crippen molar-refractivity contribution in [1.82, 2.24) is 15.1 Å². The third kappa shape index (κ3) is 5.95. The van der Waals surface area contributed by atoms with E-state index in [4.69, 9.17) is 4.74 Å². The van der Waals surface area contributed by atoms with Gasteiger partial charge in [0.2, 0.25) is 12.3 Å². The van der Waals surface area contributed by atoms with Gasteiger partial charge in [-0.05, 0) is 78.9 Å². The molecule has 0 aliphatic carbocycles. The lowest BCUT2D eigenvalue weighted by Crippen LogP contribution is -2.49. The molecule has 2 aliphatic rings. The van der Waals surface area contributed by atoms with Crippen molar-refractivity contribution in [2.24, 2.45) is 0 Å². The van der Waals surface area contributed by atoms with E-state index in [-0.39, 0.29) is 29.8 Å². The number of aliphatic hydroxyl groups is 1. The Balaban J connectivity index is 1.25. The third-order valence-electron chi connectivity index (χ3n) is 7.87. The molecule has 0 aromatic heterocycles. The molecule has 3 aromatic rings. The fourth-order valence-corrected chi connectivity index (χ4v) is 5.61. The number of rotatable bonds is 10. The first-order chi connectivity index (χ1) is 20.2. The standard InChI is InChI=1S/C32H32FN3O6/c1-2-4-28(29(38)34-20-37)36-30(39)26-12-7-22(18-27(26)31(36)40)32(41)13-15-35(16-14-32)19-21-5-3-6-25(17-21)42-24-10-8-23(33)9-11-24/h3,5-12,17-18,20,28,41H,2,4,13-16,19H2,1H3,(H,34,37,38). The number of carbonyl (C=O) groups excluding carboxylic acids is 4. The highest BCUT2D eigenvalue weighted by Crippen LogP contribution is 2.37. The van der Waals surface area contributed by atoms with Crippen molar-refractivity contribution < 1.29 is 33.4 Å². The number of nitrogens with one attached hydrogen (secondary N) is 1. The summed E-state index contributed by atoms with van der Waals surface area (Å²) in [6, 6.07) is 17.1. The van der Waals surface area contributed by atoms with E-state index in [2.05, 4.69) is 10.2 Å². The Bertz CT molecular complexity index is 1500. The van der Waals surface area contributed by atoms with Gasteiger partial charge in [-0.25, -0.2) is 4.39 Å². The maximum Gasteiger partial charge on any atom is 0.262 e. The summed E-state index contributed by atoms with van der Waals surface area (Å²) in [6.07, 6.45) is 1.82. The van der Waals surface area contributed by atoms with Crippen LogP contribution in [0.3, 0.4) is 0 Å². The number of carbonyl (C=O) groups is 4. The van der Waals surface area contributed by atoms with Crippen LogP contribution < -0.4 is 10.1 Å². The van der Waals surface area contributed by atoms with Gasteiger partial charge >= 0.3 is 0 Å². The fourth-order valence-electron chi connectivity index (χ4n) is 5.61. The van der Waals surface area contributed by atoms with Gasteiger partial charge in [-0.3, -0.25) is 34.3 Å². The molecule has 2 heterocycles. The van der Waals surface area contributed by atoms with E-state index < -0.39 is 29.4 Å². The Morgan fingerprint density at radius 2 is 1.74 bits per heavy atom. The second-order valence-corrected chi connectivity index (χ2v) is 10.7. The first-order valence-corrected chi connectivity index (χ1v) is 14.0. The van der Waals surface area contributed by atoms with Crippen molar-refractivity contribution in [3.63, 3.8) is 0 Å². The van der Waals surface area contributed by atoms with Gasteiger partial charge in [-0.1, -0.05) is 31.5 Å². The van der Waals surface area contributed by atoms with E-state index in [1.54, 1.807) is 24.3 Å². The number of nitrogens with zero attached hydrogens (tertiary/aromatic N) is 2.